The molecule has 270 valence electrons. The van der Waals surface area contributed by atoms with Gasteiger partial charge < -0.3 is 24.3 Å². The minimum Gasteiger partial charge on any atom is -0.469 e. The highest BCUT2D eigenvalue weighted by molar-refractivity contribution is 5.77. The molecule has 0 aromatic rings. The van der Waals surface area contributed by atoms with E-state index in [0.717, 1.165) is 19.0 Å². The molecule has 0 heterocycles. The Morgan fingerprint density at radius 1 is 0.545 bits per heavy atom. The van der Waals surface area contributed by atoms with Crippen LogP contribution in [0, 0.1) is 23.7 Å². The van der Waals surface area contributed by atoms with Crippen LogP contribution >= 0.6 is 0 Å². The summed E-state index contributed by atoms with van der Waals surface area (Å²) in [5.41, 5.74) is 0. The molecule has 0 aliphatic heterocycles. The number of rotatable bonds is 9. The van der Waals surface area contributed by atoms with Gasteiger partial charge in [-0.2, -0.15) is 0 Å². The van der Waals surface area contributed by atoms with Gasteiger partial charge in [0.25, 0.3) is 0 Å². The van der Waals surface area contributed by atoms with Crippen molar-refractivity contribution in [3.05, 3.63) is 0 Å². The number of hydrogen-bond donors (Lipinski definition) is 0. The van der Waals surface area contributed by atoms with Crippen LogP contribution < -0.4 is 0 Å². The van der Waals surface area contributed by atoms with Crippen molar-refractivity contribution in [3.63, 3.8) is 0 Å². The number of ether oxygens (including phenoxy) is 1. The van der Waals surface area contributed by atoms with Crippen molar-refractivity contribution in [1.29, 1.82) is 0 Å². The van der Waals surface area contributed by atoms with E-state index >= 15 is 0 Å². The molecule has 0 aromatic carbocycles. The Hall–Kier alpha value is -1.67. The molecule has 0 atom stereocenters. The zero-order valence-electron chi connectivity index (χ0n) is 34.1. The second-order valence-electron chi connectivity index (χ2n) is 13.4. The van der Waals surface area contributed by atoms with Crippen LogP contribution in [0.15, 0.2) is 0 Å². The van der Waals surface area contributed by atoms with Gasteiger partial charge in [0.05, 0.1) is 13.0 Å². The first-order valence-corrected chi connectivity index (χ1v) is 16.8. The summed E-state index contributed by atoms with van der Waals surface area (Å²) >= 11 is 0. The number of methoxy groups -OCH3 is 1. The molecule has 2 amide bonds. The molecule has 0 bridgehead atoms. The fourth-order valence-corrected chi connectivity index (χ4v) is 2.31. The molecule has 0 aromatic heterocycles. The third kappa shape index (κ3) is 42.5. The summed E-state index contributed by atoms with van der Waals surface area (Å²) in [7, 11) is 11.0. The molecule has 0 aliphatic carbocycles. The van der Waals surface area contributed by atoms with E-state index in [2.05, 4.69) is 97.9 Å². The zero-order chi connectivity index (χ0) is 36.9. The highest BCUT2D eigenvalue weighted by atomic mass is 16.5. The van der Waals surface area contributed by atoms with Gasteiger partial charge in [-0.1, -0.05) is 75.7 Å². The Morgan fingerprint density at radius 2 is 0.886 bits per heavy atom. The Kier molecular flexibility index (Phi) is 42.6. The molecule has 0 saturated carbocycles. The second kappa shape index (κ2) is 34.2. The predicted molar refractivity (Wildman–Crippen MR) is 195 cm³/mol. The molecule has 0 N–H and O–H groups in total. The van der Waals surface area contributed by atoms with E-state index in [1.807, 2.05) is 41.7 Å². The first kappa shape index (κ1) is 54.8. The molecule has 0 saturated heterocycles. The minimum atomic E-state index is -0.153. The Balaban J connectivity index is -0.0000000992. The smallest absolute Gasteiger partial charge is 0.308 e. The van der Waals surface area contributed by atoms with Crippen LogP contribution in [-0.2, 0) is 19.1 Å². The summed E-state index contributed by atoms with van der Waals surface area (Å²) in [6.07, 6.45) is 1.31. The van der Waals surface area contributed by atoms with Gasteiger partial charge in [-0.25, -0.2) is 0 Å². The summed E-state index contributed by atoms with van der Waals surface area (Å²) in [5, 5.41) is 0. The lowest BCUT2D eigenvalue weighted by atomic mass is 10.2. The van der Waals surface area contributed by atoms with Gasteiger partial charge >= 0.3 is 5.97 Å². The average Bonchev–Trinajstić information content (AvgIpc) is 2.95. The van der Waals surface area contributed by atoms with E-state index in [-0.39, 0.29) is 35.5 Å². The number of nitrogens with zero attached hydrogens (tertiary/aromatic N) is 4. The molecular weight excluding hydrogens is 552 g/mol. The van der Waals surface area contributed by atoms with E-state index in [4.69, 9.17) is 0 Å². The Bertz CT molecular complexity index is 628. The molecule has 0 aliphatic rings. The SMILES string of the molecule is CC(C)C(=O)N(C)C.CC(C)N(C)C(C)C.CCC(C)C.CCN(C)C(=O)C(C)C.CCN(C)C(C)C.COC(=O)C(C)C. The molecule has 8 nitrogen and oxygen atoms in total. The maximum atomic E-state index is 11.0. The standard InChI is InChI=1S/C7H15NO.C7H17N.C6H13NO.C6H15N.C5H10O2.C5H12/c1-5-8(4)7(9)6(2)3;1-6(2)8(5)7(3)4;1-5(2)6(8)7(3)4;1-5-7(4)6(2)3;1-4(2)5(6)7-3;1-4-5(2)3/h6H,5H2,1-4H3;6-7H,1-5H3;5H,1-4H3;6H,5H2,1-4H3;4H,1-3H3;5H,4H2,1-3H3. The van der Waals surface area contributed by atoms with Crippen molar-refractivity contribution in [2.45, 2.75) is 142 Å². The van der Waals surface area contributed by atoms with Crippen LogP contribution in [0.2, 0.25) is 0 Å². The Morgan fingerprint density at radius 3 is 0.909 bits per heavy atom. The van der Waals surface area contributed by atoms with Gasteiger partial charge in [-0.05, 0) is 75.0 Å². The normalized spacial score (nSPS) is 10.3. The van der Waals surface area contributed by atoms with Crippen LogP contribution in [0.5, 0.6) is 0 Å². The van der Waals surface area contributed by atoms with Crippen molar-refractivity contribution in [2.24, 2.45) is 23.7 Å². The van der Waals surface area contributed by atoms with Gasteiger partial charge in [0.2, 0.25) is 11.8 Å². The highest BCUT2D eigenvalue weighted by Crippen LogP contribution is 1.99. The number of esters is 1. The maximum Gasteiger partial charge on any atom is 0.308 e. The molecule has 0 radical (unpaired) electrons. The van der Waals surface area contributed by atoms with Crippen molar-refractivity contribution in [1.82, 2.24) is 19.6 Å². The molecule has 44 heavy (non-hydrogen) atoms. The van der Waals surface area contributed by atoms with Crippen LogP contribution in [0.25, 0.3) is 0 Å². The fourth-order valence-electron chi connectivity index (χ4n) is 2.31. The molecule has 0 rings (SSSR count). The van der Waals surface area contributed by atoms with Gasteiger partial charge in [-0.15, -0.1) is 0 Å². The summed E-state index contributed by atoms with van der Waals surface area (Å²) < 4.78 is 4.37. The van der Waals surface area contributed by atoms with Crippen LogP contribution in [0.3, 0.4) is 0 Å². The van der Waals surface area contributed by atoms with Crippen molar-refractivity contribution < 1.29 is 19.1 Å². The van der Waals surface area contributed by atoms with E-state index in [0.29, 0.717) is 18.1 Å². The molecular formula is C36H82N4O4. The first-order valence-electron chi connectivity index (χ1n) is 16.8. The third-order valence-electron chi connectivity index (χ3n) is 6.78. The van der Waals surface area contributed by atoms with Crippen LogP contribution in [0.1, 0.15) is 124 Å². The van der Waals surface area contributed by atoms with Crippen molar-refractivity contribution in [2.75, 3.05) is 55.4 Å². The van der Waals surface area contributed by atoms with Crippen molar-refractivity contribution >= 4 is 17.8 Å². The number of carbonyl (C=O) groups is 3. The van der Waals surface area contributed by atoms with Gasteiger partial charge in [0.15, 0.2) is 0 Å². The van der Waals surface area contributed by atoms with E-state index in [9.17, 15) is 14.4 Å². The molecule has 0 unspecified atom stereocenters. The monoisotopic (exact) mass is 635 g/mol. The summed E-state index contributed by atoms with van der Waals surface area (Å²) in [6, 6.07) is 2.05. The summed E-state index contributed by atoms with van der Waals surface area (Å²) in [6.45, 7) is 37.2. The zero-order valence-corrected chi connectivity index (χ0v) is 34.1. The summed E-state index contributed by atoms with van der Waals surface area (Å²) in [5.74, 6) is 1.41. The predicted octanol–water partition coefficient (Wildman–Crippen LogP) is 7.80. The lowest BCUT2D eigenvalue weighted by molar-refractivity contribution is -0.144. The minimum absolute atomic E-state index is 0.00463. The lowest BCUT2D eigenvalue weighted by Gasteiger charge is -2.24. The molecule has 0 fully saturated rings. The quantitative estimate of drug-likeness (QED) is 0.241. The Labute approximate surface area is 277 Å². The van der Waals surface area contributed by atoms with Gasteiger partial charge in [-0.3, -0.25) is 14.4 Å². The van der Waals surface area contributed by atoms with Crippen LogP contribution in [-0.4, -0.2) is 111 Å². The largest absolute Gasteiger partial charge is 0.469 e. The maximum absolute atomic E-state index is 11.0. The second-order valence-corrected chi connectivity index (χ2v) is 13.4. The highest BCUT2D eigenvalue weighted by Gasteiger charge is 2.10. The third-order valence-corrected chi connectivity index (χ3v) is 6.78. The molecule has 8 heteroatoms. The topological polar surface area (TPSA) is 73.4 Å². The van der Waals surface area contributed by atoms with E-state index < -0.39 is 0 Å². The average molecular weight is 635 g/mol. The van der Waals surface area contributed by atoms with Gasteiger partial charge in [0, 0.05) is 57.6 Å². The number of amides is 2. The van der Waals surface area contributed by atoms with E-state index in [1.165, 1.54) is 13.5 Å². The lowest BCUT2D eigenvalue weighted by Crippen LogP contribution is -2.32. The fraction of sp³-hybridized carbons (Fsp3) is 0.917. The summed E-state index contributed by atoms with van der Waals surface area (Å²) in [4.78, 5) is 40.0. The van der Waals surface area contributed by atoms with Crippen molar-refractivity contribution in [3.8, 4) is 0 Å². The first-order chi connectivity index (χ1) is 19.8. The van der Waals surface area contributed by atoms with Gasteiger partial charge in [0.1, 0.15) is 0 Å². The van der Waals surface area contributed by atoms with Crippen LogP contribution in [0.4, 0.5) is 0 Å². The molecule has 0 spiro atoms. The number of carbonyl (C=O) groups excluding carboxylic acids is 3. The van der Waals surface area contributed by atoms with E-state index in [1.54, 1.807) is 37.7 Å². The number of hydrogen-bond acceptors (Lipinski definition) is 6.